The maximum absolute atomic E-state index is 13.7. The van der Waals surface area contributed by atoms with Gasteiger partial charge in [-0.1, -0.05) is 18.2 Å². The van der Waals surface area contributed by atoms with E-state index < -0.39 is 0 Å². The molecule has 25 heavy (non-hydrogen) atoms. The van der Waals surface area contributed by atoms with Crippen LogP contribution in [0.5, 0.6) is 0 Å². The predicted molar refractivity (Wildman–Crippen MR) is 95.8 cm³/mol. The van der Waals surface area contributed by atoms with Gasteiger partial charge < -0.3 is 15.5 Å². The van der Waals surface area contributed by atoms with Crippen molar-refractivity contribution < 1.29 is 14.0 Å². The molecular formula is C18H25ClFN3O2. The lowest BCUT2D eigenvalue weighted by molar-refractivity contribution is -0.141. The second-order valence-corrected chi connectivity index (χ2v) is 6.74. The summed E-state index contributed by atoms with van der Waals surface area (Å²) in [6.45, 7) is 2.12. The fraction of sp³-hybridized carbons (Fsp3) is 0.556. The van der Waals surface area contributed by atoms with Gasteiger partial charge in [-0.3, -0.25) is 9.59 Å². The Morgan fingerprint density at radius 1 is 1.08 bits per heavy atom. The van der Waals surface area contributed by atoms with Crippen molar-refractivity contribution in [2.75, 3.05) is 26.2 Å². The van der Waals surface area contributed by atoms with Crippen LogP contribution in [0.15, 0.2) is 24.3 Å². The SMILES string of the molecule is Cl.NC1CCC(C(=O)N2CCN(C(=O)Cc3ccccc3F)CC2)C1. The van der Waals surface area contributed by atoms with Gasteiger partial charge >= 0.3 is 0 Å². The van der Waals surface area contributed by atoms with Gasteiger partial charge in [-0.25, -0.2) is 4.39 Å². The third kappa shape index (κ3) is 4.70. The molecule has 7 heteroatoms. The molecule has 2 atom stereocenters. The molecule has 1 aromatic carbocycles. The number of rotatable bonds is 3. The van der Waals surface area contributed by atoms with Gasteiger partial charge in [-0.15, -0.1) is 12.4 Å². The van der Waals surface area contributed by atoms with Crippen molar-refractivity contribution in [2.24, 2.45) is 11.7 Å². The van der Waals surface area contributed by atoms with Crippen LogP contribution in [0.4, 0.5) is 4.39 Å². The quantitative estimate of drug-likeness (QED) is 0.879. The summed E-state index contributed by atoms with van der Waals surface area (Å²) in [6.07, 6.45) is 2.62. The van der Waals surface area contributed by atoms with Gasteiger partial charge in [-0.05, 0) is 30.9 Å². The Morgan fingerprint density at radius 2 is 1.72 bits per heavy atom. The van der Waals surface area contributed by atoms with Gasteiger partial charge in [0.15, 0.2) is 0 Å². The van der Waals surface area contributed by atoms with E-state index >= 15 is 0 Å². The van der Waals surface area contributed by atoms with Crippen molar-refractivity contribution >= 4 is 24.2 Å². The maximum Gasteiger partial charge on any atom is 0.227 e. The molecule has 0 bridgehead atoms. The molecular weight excluding hydrogens is 345 g/mol. The Labute approximate surface area is 153 Å². The van der Waals surface area contributed by atoms with Crippen molar-refractivity contribution in [3.8, 4) is 0 Å². The molecule has 2 N–H and O–H groups in total. The third-order valence-corrected chi connectivity index (χ3v) is 5.07. The first-order valence-corrected chi connectivity index (χ1v) is 8.60. The van der Waals surface area contributed by atoms with Crippen LogP contribution < -0.4 is 5.73 Å². The molecule has 1 aliphatic carbocycles. The second kappa shape index (κ2) is 8.63. The summed E-state index contributed by atoms with van der Waals surface area (Å²) in [6, 6.07) is 6.49. The zero-order valence-electron chi connectivity index (χ0n) is 14.2. The molecule has 0 radical (unpaired) electrons. The van der Waals surface area contributed by atoms with E-state index in [9.17, 15) is 14.0 Å². The summed E-state index contributed by atoms with van der Waals surface area (Å²) < 4.78 is 13.7. The fourth-order valence-electron chi connectivity index (χ4n) is 3.59. The highest BCUT2D eigenvalue weighted by Crippen LogP contribution is 2.26. The molecule has 5 nitrogen and oxygen atoms in total. The number of piperazine rings is 1. The van der Waals surface area contributed by atoms with Crippen molar-refractivity contribution in [2.45, 2.75) is 31.7 Å². The van der Waals surface area contributed by atoms with E-state index in [0.717, 1.165) is 19.3 Å². The van der Waals surface area contributed by atoms with E-state index in [1.165, 1.54) is 6.07 Å². The largest absolute Gasteiger partial charge is 0.339 e. The Hall–Kier alpha value is -1.66. The highest BCUT2D eigenvalue weighted by molar-refractivity contribution is 5.85. The molecule has 138 valence electrons. The molecule has 1 heterocycles. The number of amides is 2. The van der Waals surface area contributed by atoms with Crippen LogP contribution in [0, 0.1) is 11.7 Å². The van der Waals surface area contributed by atoms with E-state index in [1.807, 2.05) is 4.90 Å². The molecule has 2 amide bonds. The van der Waals surface area contributed by atoms with Crippen molar-refractivity contribution in [3.63, 3.8) is 0 Å². The Morgan fingerprint density at radius 3 is 2.32 bits per heavy atom. The summed E-state index contributed by atoms with van der Waals surface area (Å²) in [5.41, 5.74) is 6.30. The second-order valence-electron chi connectivity index (χ2n) is 6.74. The summed E-state index contributed by atoms with van der Waals surface area (Å²) in [5.74, 6) is -0.225. The van der Waals surface area contributed by atoms with E-state index in [0.29, 0.717) is 31.7 Å². The van der Waals surface area contributed by atoms with E-state index in [1.54, 1.807) is 23.1 Å². The minimum absolute atomic E-state index is 0. The molecule has 0 spiro atoms. The van der Waals surface area contributed by atoms with Gasteiger partial charge in [0.1, 0.15) is 5.82 Å². The lowest BCUT2D eigenvalue weighted by Gasteiger charge is -2.36. The maximum atomic E-state index is 13.7. The molecule has 1 saturated carbocycles. The lowest BCUT2D eigenvalue weighted by atomic mass is 10.1. The Bertz CT molecular complexity index is 620. The number of carbonyl (C=O) groups excluding carboxylic acids is 2. The van der Waals surface area contributed by atoms with Gasteiger partial charge in [-0.2, -0.15) is 0 Å². The fourth-order valence-corrected chi connectivity index (χ4v) is 3.59. The van der Waals surface area contributed by atoms with Gasteiger partial charge in [0.05, 0.1) is 6.42 Å². The Balaban J connectivity index is 0.00000225. The van der Waals surface area contributed by atoms with Crippen molar-refractivity contribution in [3.05, 3.63) is 35.6 Å². The number of benzene rings is 1. The number of nitrogens with two attached hydrogens (primary N) is 1. The minimum Gasteiger partial charge on any atom is -0.339 e. The molecule has 2 fully saturated rings. The van der Waals surface area contributed by atoms with Crippen LogP contribution in [0.1, 0.15) is 24.8 Å². The van der Waals surface area contributed by atoms with Gasteiger partial charge in [0.25, 0.3) is 0 Å². The van der Waals surface area contributed by atoms with Crippen LogP contribution in [0.3, 0.4) is 0 Å². The standard InChI is InChI=1S/C18H24FN3O2.ClH/c19-16-4-2-1-3-13(16)12-17(23)21-7-9-22(10-8-21)18(24)14-5-6-15(20)11-14;/h1-4,14-15H,5-12,20H2;1H. The zero-order chi connectivity index (χ0) is 17.1. The molecule has 2 aliphatic rings. The molecule has 1 saturated heterocycles. The molecule has 2 unspecified atom stereocenters. The minimum atomic E-state index is -0.350. The third-order valence-electron chi connectivity index (χ3n) is 5.07. The number of nitrogens with zero attached hydrogens (tertiary/aromatic N) is 2. The monoisotopic (exact) mass is 369 g/mol. The van der Waals surface area contributed by atoms with E-state index in [4.69, 9.17) is 5.73 Å². The first-order chi connectivity index (χ1) is 11.5. The van der Waals surface area contributed by atoms with Gasteiger partial charge in [0.2, 0.25) is 11.8 Å². The van der Waals surface area contributed by atoms with Crippen LogP contribution in [-0.4, -0.2) is 53.8 Å². The average molecular weight is 370 g/mol. The average Bonchev–Trinajstić information content (AvgIpc) is 3.03. The molecule has 0 aromatic heterocycles. The summed E-state index contributed by atoms with van der Waals surface area (Å²) in [4.78, 5) is 28.4. The Kier molecular flexibility index (Phi) is 6.79. The van der Waals surface area contributed by atoms with Crippen LogP contribution >= 0.6 is 12.4 Å². The van der Waals surface area contributed by atoms with Crippen molar-refractivity contribution in [1.82, 2.24) is 9.80 Å². The predicted octanol–water partition coefficient (Wildman–Crippen LogP) is 1.59. The highest BCUT2D eigenvalue weighted by atomic mass is 35.5. The van der Waals surface area contributed by atoms with Crippen LogP contribution in [-0.2, 0) is 16.0 Å². The lowest BCUT2D eigenvalue weighted by Crippen LogP contribution is -2.52. The van der Waals surface area contributed by atoms with Gasteiger partial charge in [0, 0.05) is 38.1 Å². The van der Waals surface area contributed by atoms with Crippen molar-refractivity contribution in [1.29, 1.82) is 0 Å². The number of halogens is 2. The zero-order valence-corrected chi connectivity index (χ0v) is 15.0. The topological polar surface area (TPSA) is 66.6 Å². The summed E-state index contributed by atoms with van der Waals surface area (Å²) in [7, 11) is 0. The smallest absolute Gasteiger partial charge is 0.227 e. The van der Waals surface area contributed by atoms with E-state index in [2.05, 4.69) is 0 Å². The normalized spacial score (nSPS) is 23.3. The van der Waals surface area contributed by atoms with Crippen LogP contribution in [0.2, 0.25) is 0 Å². The first-order valence-electron chi connectivity index (χ1n) is 8.60. The molecule has 1 aromatic rings. The number of hydrogen-bond acceptors (Lipinski definition) is 3. The van der Waals surface area contributed by atoms with E-state index in [-0.39, 0.29) is 48.4 Å². The first kappa shape index (κ1) is 19.7. The van der Waals surface area contributed by atoms with Crippen LogP contribution in [0.25, 0.3) is 0 Å². The summed E-state index contributed by atoms with van der Waals surface area (Å²) >= 11 is 0. The number of hydrogen-bond donors (Lipinski definition) is 1. The highest BCUT2D eigenvalue weighted by Gasteiger charge is 2.33. The number of carbonyl (C=O) groups is 2. The molecule has 1 aliphatic heterocycles. The molecule has 3 rings (SSSR count). The summed E-state index contributed by atoms with van der Waals surface area (Å²) in [5, 5.41) is 0.